The van der Waals surface area contributed by atoms with Gasteiger partial charge in [-0.2, -0.15) is 4.98 Å². The molecule has 2 fully saturated rings. The first-order chi connectivity index (χ1) is 10.0. The summed E-state index contributed by atoms with van der Waals surface area (Å²) < 4.78 is 5.63. The number of aromatic nitrogens is 2. The quantitative estimate of drug-likeness (QED) is 0.882. The highest BCUT2D eigenvalue weighted by molar-refractivity contribution is 5.11. The number of hydrogen-bond donors (Lipinski definition) is 1. The van der Waals surface area contributed by atoms with Crippen molar-refractivity contribution in [2.75, 3.05) is 33.7 Å². The topological polar surface area (TPSA) is 71.4 Å². The maximum Gasteiger partial charge on any atom is 0.234 e. The average molecular weight is 293 g/mol. The van der Waals surface area contributed by atoms with Crippen LogP contribution in [0.2, 0.25) is 0 Å². The zero-order chi connectivity index (χ0) is 15.0. The number of piperazine rings is 1. The van der Waals surface area contributed by atoms with Crippen molar-refractivity contribution >= 4 is 0 Å². The molecule has 118 valence electrons. The number of nitrogens with two attached hydrogens (primary N) is 1. The smallest absolute Gasteiger partial charge is 0.234 e. The van der Waals surface area contributed by atoms with Gasteiger partial charge in [-0.1, -0.05) is 18.0 Å². The minimum atomic E-state index is -0.164. The Morgan fingerprint density at radius 1 is 1.29 bits per heavy atom. The lowest BCUT2D eigenvalue weighted by Crippen LogP contribution is -2.46. The molecule has 2 N–H and O–H groups in total. The Balaban J connectivity index is 1.82. The standard InChI is InChI=1S/C15H27N5O/c1-15(7-5-4-6-12(15)16)14-17-13(18-21-14)11-10-19(2)8-9-20(11)3/h11-12H,4-10,16H2,1-3H3. The minimum Gasteiger partial charge on any atom is -0.339 e. The van der Waals surface area contributed by atoms with E-state index in [0.29, 0.717) is 0 Å². The van der Waals surface area contributed by atoms with E-state index >= 15 is 0 Å². The second kappa shape index (κ2) is 5.66. The van der Waals surface area contributed by atoms with Crippen LogP contribution >= 0.6 is 0 Å². The Hall–Kier alpha value is -0.980. The molecule has 3 rings (SSSR count). The zero-order valence-electron chi connectivity index (χ0n) is 13.4. The highest BCUT2D eigenvalue weighted by Crippen LogP contribution is 2.38. The van der Waals surface area contributed by atoms with Gasteiger partial charge < -0.3 is 15.2 Å². The summed E-state index contributed by atoms with van der Waals surface area (Å²) >= 11 is 0. The first-order valence-corrected chi connectivity index (χ1v) is 7.99. The van der Waals surface area contributed by atoms with Crippen molar-refractivity contribution in [2.24, 2.45) is 5.73 Å². The van der Waals surface area contributed by atoms with Gasteiger partial charge in [0.2, 0.25) is 5.89 Å². The van der Waals surface area contributed by atoms with Crippen molar-refractivity contribution in [3.63, 3.8) is 0 Å². The summed E-state index contributed by atoms with van der Waals surface area (Å²) in [5.41, 5.74) is 6.17. The SMILES string of the molecule is CN1CCN(C)C(c2noc(C3(C)CCCCC3N)n2)C1. The van der Waals surface area contributed by atoms with Crippen molar-refractivity contribution in [3.8, 4) is 0 Å². The van der Waals surface area contributed by atoms with Crippen LogP contribution < -0.4 is 5.73 Å². The average Bonchev–Trinajstić information content (AvgIpc) is 2.95. The molecule has 1 aliphatic heterocycles. The highest BCUT2D eigenvalue weighted by atomic mass is 16.5. The molecule has 3 atom stereocenters. The summed E-state index contributed by atoms with van der Waals surface area (Å²) in [4.78, 5) is 9.36. The van der Waals surface area contributed by atoms with Crippen LogP contribution in [-0.2, 0) is 5.41 Å². The van der Waals surface area contributed by atoms with Gasteiger partial charge in [-0.15, -0.1) is 0 Å². The molecule has 2 heterocycles. The van der Waals surface area contributed by atoms with Crippen molar-refractivity contribution in [1.29, 1.82) is 0 Å². The fourth-order valence-electron chi connectivity index (χ4n) is 3.52. The molecular formula is C15H27N5O. The monoisotopic (exact) mass is 293 g/mol. The number of hydrogen-bond acceptors (Lipinski definition) is 6. The normalized spacial score (nSPS) is 36.0. The second-order valence-corrected chi connectivity index (χ2v) is 6.99. The molecule has 6 heteroatoms. The lowest BCUT2D eigenvalue weighted by atomic mass is 9.72. The summed E-state index contributed by atoms with van der Waals surface area (Å²) in [6.45, 7) is 5.23. The predicted octanol–water partition coefficient (Wildman–Crippen LogP) is 1.15. The van der Waals surface area contributed by atoms with Crippen LogP contribution in [0.3, 0.4) is 0 Å². The number of likely N-dealkylation sites (N-methyl/N-ethyl adjacent to an activating group) is 2. The van der Waals surface area contributed by atoms with E-state index in [-0.39, 0.29) is 17.5 Å². The van der Waals surface area contributed by atoms with Gasteiger partial charge in [-0.25, -0.2) is 0 Å². The van der Waals surface area contributed by atoms with Gasteiger partial charge in [0.15, 0.2) is 5.82 Å². The van der Waals surface area contributed by atoms with Crippen LogP contribution in [0.5, 0.6) is 0 Å². The molecule has 21 heavy (non-hydrogen) atoms. The molecular weight excluding hydrogens is 266 g/mol. The van der Waals surface area contributed by atoms with Gasteiger partial charge in [0.25, 0.3) is 0 Å². The van der Waals surface area contributed by atoms with E-state index in [4.69, 9.17) is 15.2 Å². The third kappa shape index (κ3) is 2.72. The van der Waals surface area contributed by atoms with E-state index in [1.54, 1.807) is 0 Å². The number of rotatable bonds is 2. The highest BCUT2D eigenvalue weighted by Gasteiger charge is 2.41. The third-order valence-electron chi connectivity index (χ3n) is 5.36. The van der Waals surface area contributed by atoms with E-state index in [0.717, 1.165) is 44.2 Å². The Bertz CT molecular complexity index is 490. The van der Waals surface area contributed by atoms with E-state index in [2.05, 4.69) is 36.0 Å². The van der Waals surface area contributed by atoms with Gasteiger partial charge in [-0.05, 0) is 33.9 Å². The van der Waals surface area contributed by atoms with Crippen LogP contribution in [0.15, 0.2) is 4.52 Å². The van der Waals surface area contributed by atoms with Crippen LogP contribution in [-0.4, -0.2) is 59.7 Å². The van der Waals surface area contributed by atoms with Gasteiger partial charge >= 0.3 is 0 Å². The lowest BCUT2D eigenvalue weighted by molar-refractivity contribution is 0.108. The van der Waals surface area contributed by atoms with Crippen LogP contribution in [0.1, 0.15) is 50.4 Å². The molecule has 1 aromatic heterocycles. The third-order valence-corrected chi connectivity index (χ3v) is 5.36. The fourth-order valence-corrected chi connectivity index (χ4v) is 3.52. The van der Waals surface area contributed by atoms with Crippen molar-refractivity contribution in [1.82, 2.24) is 19.9 Å². The molecule has 0 aromatic carbocycles. The first kappa shape index (κ1) is 14.9. The molecule has 2 aliphatic rings. The first-order valence-electron chi connectivity index (χ1n) is 7.99. The van der Waals surface area contributed by atoms with E-state index in [9.17, 15) is 0 Å². The number of nitrogens with zero attached hydrogens (tertiary/aromatic N) is 4. The van der Waals surface area contributed by atoms with Crippen molar-refractivity contribution in [3.05, 3.63) is 11.7 Å². The molecule has 3 unspecified atom stereocenters. The second-order valence-electron chi connectivity index (χ2n) is 6.99. The van der Waals surface area contributed by atoms with Gasteiger partial charge in [0, 0.05) is 25.7 Å². The molecule has 0 bridgehead atoms. The maximum absolute atomic E-state index is 6.34. The van der Waals surface area contributed by atoms with Crippen LogP contribution in [0.4, 0.5) is 0 Å². The Morgan fingerprint density at radius 3 is 2.86 bits per heavy atom. The van der Waals surface area contributed by atoms with E-state index in [1.165, 1.54) is 12.8 Å². The molecule has 6 nitrogen and oxygen atoms in total. The zero-order valence-corrected chi connectivity index (χ0v) is 13.4. The Labute approximate surface area is 126 Å². The summed E-state index contributed by atoms with van der Waals surface area (Å²) in [6.07, 6.45) is 4.47. The summed E-state index contributed by atoms with van der Waals surface area (Å²) in [7, 11) is 4.26. The van der Waals surface area contributed by atoms with Gasteiger partial charge in [0.1, 0.15) is 0 Å². The van der Waals surface area contributed by atoms with Crippen LogP contribution in [0, 0.1) is 0 Å². The largest absolute Gasteiger partial charge is 0.339 e. The fraction of sp³-hybridized carbons (Fsp3) is 0.867. The summed E-state index contributed by atoms with van der Waals surface area (Å²) in [6, 6.07) is 0.330. The van der Waals surface area contributed by atoms with Crippen molar-refractivity contribution in [2.45, 2.75) is 50.1 Å². The molecule has 0 radical (unpaired) electrons. The molecule has 0 spiro atoms. The molecule has 1 aliphatic carbocycles. The van der Waals surface area contributed by atoms with Crippen molar-refractivity contribution < 1.29 is 4.52 Å². The summed E-state index contributed by atoms with van der Waals surface area (Å²) in [5, 5.41) is 4.27. The van der Waals surface area contributed by atoms with E-state index in [1.807, 2.05) is 0 Å². The lowest BCUT2D eigenvalue weighted by Gasteiger charge is -2.36. The summed E-state index contributed by atoms with van der Waals surface area (Å²) in [5.74, 6) is 1.53. The Kier molecular flexibility index (Phi) is 4.03. The molecule has 1 saturated heterocycles. The maximum atomic E-state index is 6.34. The Morgan fingerprint density at radius 2 is 2.10 bits per heavy atom. The molecule has 1 saturated carbocycles. The van der Waals surface area contributed by atoms with Crippen LogP contribution in [0.25, 0.3) is 0 Å². The van der Waals surface area contributed by atoms with E-state index < -0.39 is 0 Å². The molecule has 0 amide bonds. The van der Waals surface area contributed by atoms with Gasteiger partial charge in [0.05, 0.1) is 11.5 Å². The molecule has 1 aromatic rings. The predicted molar refractivity (Wildman–Crippen MR) is 81.0 cm³/mol. The van der Waals surface area contributed by atoms with Gasteiger partial charge in [-0.3, -0.25) is 4.90 Å². The minimum absolute atomic E-state index is 0.117.